The number of allylic oxidation sites excluding steroid dienone is 2. The van der Waals surface area contributed by atoms with Crippen molar-refractivity contribution in [2.45, 2.75) is 32.6 Å². The molecule has 0 saturated carbocycles. The standard InChI is InChI=1S/C21H25NO4/c1-5-15(6-2)16-10-12-17(13-11-16)22-14-8-7-9-18(20(23)25-3)19(22)21(24)26-4/h7-15H,5-6H2,1-4H3. The van der Waals surface area contributed by atoms with E-state index >= 15 is 0 Å². The number of ether oxygens (including phenoxy) is 2. The van der Waals surface area contributed by atoms with Crippen molar-refractivity contribution in [1.29, 1.82) is 0 Å². The summed E-state index contributed by atoms with van der Waals surface area (Å²) in [5.74, 6) is -0.693. The van der Waals surface area contributed by atoms with Crippen LogP contribution in [0.4, 0.5) is 5.69 Å². The molecule has 0 radical (unpaired) electrons. The topological polar surface area (TPSA) is 55.8 Å². The van der Waals surface area contributed by atoms with Crippen LogP contribution >= 0.6 is 0 Å². The number of rotatable bonds is 6. The summed E-state index contributed by atoms with van der Waals surface area (Å²) < 4.78 is 9.73. The maximum Gasteiger partial charge on any atom is 0.355 e. The molecule has 0 fully saturated rings. The SMILES string of the molecule is CCC(CC)c1ccc(N2C=CC=CC(C(=O)OC)=C2C(=O)OC)cc1. The smallest absolute Gasteiger partial charge is 0.355 e. The minimum Gasteiger partial charge on any atom is -0.465 e. The maximum atomic E-state index is 12.4. The minimum absolute atomic E-state index is 0.125. The van der Waals surface area contributed by atoms with E-state index in [-0.39, 0.29) is 11.3 Å². The van der Waals surface area contributed by atoms with Crippen LogP contribution in [0.5, 0.6) is 0 Å². The summed E-state index contributed by atoms with van der Waals surface area (Å²) in [6.07, 6.45) is 8.87. The Kier molecular flexibility index (Phi) is 6.78. The van der Waals surface area contributed by atoms with Gasteiger partial charge in [0.15, 0.2) is 0 Å². The fraction of sp³-hybridized carbons (Fsp3) is 0.333. The first-order valence-corrected chi connectivity index (χ1v) is 8.72. The van der Waals surface area contributed by atoms with Crippen LogP contribution in [-0.2, 0) is 19.1 Å². The lowest BCUT2D eigenvalue weighted by molar-refractivity contribution is -0.139. The van der Waals surface area contributed by atoms with Gasteiger partial charge in [-0.2, -0.15) is 0 Å². The number of hydrogen-bond acceptors (Lipinski definition) is 5. The molecule has 1 aromatic rings. The van der Waals surface area contributed by atoms with Crippen molar-refractivity contribution in [1.82, 2.24) is 0 Å². The highest BCUT2D eigenvalue weighted by Crippen LogP contribution is 2.29. The van der Waals surface area contributed by atoms with E-state index in [0.29, 0.717) is 5.92 Å². The van der Waals surface area contributed by atoms with Gasteiger partial charge in [-0.15, -0.1) is 0 Å². The Morgan fingerprint density at radius 2 is 1.58 bits per heavy atom. The quantitative estimate of drug-likeness (QED) is 0.720. The van der Waals surface area contributed by atoms with Gasteiger partial charge in [0.25, 0.3) is 0 Å². The number of carbonyl (C=O) groups is 2. The fourth-order valence-electron chi connectivity index (χ4n) is 3.03. The molecule has 0 atom stereocenters. The second-order valence-electron chi connectivity index (χ2n) is 5.92. The van der Waals surface area contributed by atoms with Crippen LogP contribution in [0.1, 0.15) is 38.2 Å². The zero-order valence-electron chi connectivity index (χ0n) is 15.7. The Morgan fingerprint density at radius 1 is 0.962 bits per heavy atom. The zero-order valence-corrected chi connectivity index (χ0v) is 15.7. The summed E-state index contributed by atoms with van der Waals surface area (Å²) in [7, 11) is 2.57. The van der Waals surface area contributed by atoms with Crippen molar-refractivity contribution in [3.8, 4) is 0 Å². The van der Waals surface area contributed by atoms with Gasteiger partial charge in [-0.05, 0) is 48.6 Å². The molecule has 2 rings (SSSR count). The van der Waals surface area contributed by atoms with E-state index in [1.54, 1.807) is 29.3 Å². The summed E-state index contributed by atoms with van der Waals surface area (Å²) >= 11 is 0. The molecule has 1 aromatic carbocycles. The Hall–Kier alpha value is -2.82. The summed E-state index contributed by atoms with van der Waals surface area (Å²) in [5, 5.41) is 0. The molecule has 5 heteroatoms. The van der Waals surface area contributed by atoms with E-state index in [2.05, 4.69) is 26.0 Å². The number of nitrogens with zero attached hydrogens (tertiary/aromatic N) is 1. The molecule has 0 spiro atoms. The van der Waals surface area contributed by atoms with Gasteiger partial charge in [0.05, 0.1) is 19.8 Å². The van der Waals surface area contributed by atoms with Crippen molar-refractivity contribution < 1.29 is 19.1 Å². The number of anilines is 1. The zero-order chi connectivity index (χ0) is 19.1. The molecule has 1 heterocycles. The Labute approximate surface area is 154 Å². The van der Waals surface area contributed by atoms with Crippen molar-refractivity contribution in [3.05, 3.63) is 65.5 Å². The first-order valence-electron chi connectivity index (χ1n) is 8.72. The Morgan fingerprint density at radius 3 is 2.12 bits per heavy atom. The third-order valence-electron chi connectivity index (χ3n) is 4.52. The molecule has 0 N–H and O–H groups in total. The molecule has 0 amide bonds. The van der Waals surface area contributed by atoms with Crippen LogP contribution < -0.4 is 4.90 Å². The maximum absolute atomic E-state index is 12.4. The lowest BCUT2D eigenvalue weighted by Crippen LogP contribution is -2.26. The van der Waals surface area contributed by atoms with E-state index < -0.39 is 11.9 Å². The van der Waals surface area contributed by atoms with Crippen molar-refractivity contribution in [2.24, 2.45) is 0 Å². The summed E-state index contributed by atoms with van der Waals surface area (Å²) in [4.78, 5) is 26.2. The third kappa shape index (κ3) is 4.04. The van der Waals surface area contributed by atoms with Gasteiger partial charge in [0.1, 0.15) is 5.70 Å². The summed E-state index contributed by atoms with van der Waals surface area (Å²) in [6, 6.07) is 8.01. The van der Waals surface area contributed by atoms with Crippen LogP contribution in [0.25, 0.3) is 0 Å². The summed E-state index contributed by atoms with van der Waals surface area (Å²) in [5.41, 5.74) is 2.29. The molecule has 0 bridgehead atoms. The van der Waals surface area contributed by atoms with E-state index in [1.807, 2.05) is 12.1 Å². The van der Waals surface area contributed by atoms with E-state index in [0.717, 1.165) is 18.5 Å². The molecule has 1 aliphatic rings. The summed E-state index contributed by atoms with van der Waals surface area (Å²) in [6.45, 7) is 4.35. The van der Waals surface area contributed by atoms with Crippen LogP contribution in [0.15, 0.2) is 60.0 Å². The average molecular weight is 355 g/mol. The molecular formula is C21H25NO4. The van der Waals surface area contributed by atoms with Crippen LogP contribution in [0.2, 0.25) is 0 Å². The Balaban J connectivity index is 2.51. The van der Waals surface area contributed by atoms with Crippen LogP contribution in [-0.4, -0.2) is 26.2 Å². The normalized spacial score (nSPS) is 13.8. The molecule has 5 nitrogen and oxygen atoms in total. The third-order valence-corrected chi connectivity index (χ3v) is 4.52. The van der Waals surface area contributed by atoms with Crippen molar-refractivity contribution in [2.75, 3.05) is 19.1 Å². The second-order valence-corrected chi connectivity index (χ2v) is 5.92. The predicted octanol–water partition coefficient (Wildman–Crippen LogP) is 4.08. The van der Waals surface area contributed by atoms with Gasteiger partial charge in [0, 0.05) is 11.9 Å². The molecule has 0 aliphatic carbocycles. The molecule has 0 saturated heterocycles. The lowest BCUT2D eigenvalue weighted by Gasteiger charge is -2.24. The lowest BCUT2D eigenvalue weighted by atomic mass is 9.94. The van der Waals surface area contributed by atoms with E-state index in [1.165, 1.54) is 19.8 Å². The highest BCUT2D eigenvalue weighted by atomic mass is 16.5. The molecule has 0 unspecified atom stereocenters. The van der Waals surface area contributed by atoms with Gasteiger partial charge in [-0.1, -0.05) is 32.1 Å². The van der Waals surface area contributed by atoms with Gasteiger partial charge in [0.2, 0.25) is 0 Å². The second kappa shape index (κ2) is 9.04. The number of benzene rings is 1. The van der Waals surface area contributed by atoms with Crippen LogP contribution in [0, 0.1) is 0 Å². The van der Waals surface area contributed by atoms with Crippen molar-refractivity contribution >= 4 is 17.6 Å². The first kappa shape index (κ1) is 19.5. The highest BCUT2D eigenvalue weighted by Gasteiger charge is 2.27. The highest BCUT2D eigenvalue weighted by molar-refractivity contribution is 6.05. The molecule has 138 valence electrons. The fourth-order valence-corrected chi connectivity index (χ4v) is 3.03. The molecular weight excluding hydrogens is 330 g/mol. The number of carbonyl (C=O) groups excluding carboxylic acids is 2. The number of methoxy groups -OCH3 is 2. The predicted molar refractivity (Wildman–Crippen MR) is 102 cm³/mol. The first-order chi connectivity index (χ1) is 12.6. The average Bonchev–Trinajstić information content (AvgIpc) is 2.91. The molecule has 1 aliphatic heterocycles. The Bertz CT molecular complexity index is 740. The van der Waals surface area contributed by atoms with Gasteiger partial charge in [-0.3, -0.25) is 0 Å². The van der Waals surface area contributed by atoms with Gasteiger partial charge in [-0.25, -0.2) is 9.59 Å². The number of esters is 2. The van der Waals surface area contributed by atoms with Gasteiger partial charge < -0.3 is 14.4 Å². The van der Waals surface area contributed by atoms with Crippen LogP contribution in [0.3, 0.4) is 0 Å². The number of hydrogen-bond donors (Lipinski definition) is 0. The van der Waals surface area contributed by atoms with Crippen molar-refractivity contribution in [3.63, 3.8) is 0 Å². The van der Waals surface area contributed by atoms with E-state index in [4.69, 9.17) is 9.47 Å². The largest absolute Gasteiger partial charge is 0.465 e. The molecule has 26 heavy (non-hydrogen) atoms. The monoisotopic (exact) mass is 355 g/mol. The van der Waals surface area contributed by atoms with E-state index in [9.17, 15) is 9.59 Å². The van der Waals surface area contributed by atoms with Gasteiger partial charge >= 0.3 is 11.9 Å². The molecule has 0 aromatic heterocycles. The minimum atomic E-state index is -0.606.